The Balaban J connectivity index is 1.39. The summed E-state index contributed by atoms with van der Waals surface area (Å²) >= 11 is 0. The molecule has 0 saturated heterocycles. The summed E-state index contributed by atoms with van der Waals surface area (Å²) in [6, 6.07) is 44.1. The van der Waals surface area contributed by atoms with Crippen molar-refractivity contribution in [2.75, 3.05) is 9.71 Å². The lowest BCUT2D eigenvalue weighted by molar-refractivity contribution is 1.24. The number of anilines is 5. The first-order valence-electron chi connectivity index (χ1n) is 13.4. The number of pyridine rings is 1. The predicted molar refractivity (Wildman–Crippen MR) is 162 cm³/mol. The second-order valence-corrected chi connectivity index (χ2v) is 10.4. The van der Waals surface area contributed by atoms with E-state index in [4.69, 9.17) is 0 Å². The molecule has 3 aliphatic heterocycles. The largest absolute Gasteiger partial charge is 0.376 e. The molecule has 1 aromatic heterocycles. The van der Waals surface area contributed by atoms with Gasteiger partial charge in [-0.15, -0.1) is 0 Å². The van der Waals surface area contributed by atoms with E-state index in [1.54, 1.807) is 0 Å². The highest BCUT2D eigenvalue weighted by molar-refractivity contribution is 6.95. The van der Waals surface area contributed by atoms with Crippen molar-refractivity contribution in [1.82, 2.24) is 4.98 Å². The molecule has 0 fully saturated rings. The zero-order valence-electron chi connectivity index (χ0n) is 21.1. The van der Waals surface area contributed by atoms with Crippen LogP contribution >= 0.6 is 0 Å². The number of fused-ring (bicyclic) bond motifs is 6. The third-order valence-electron chi connectivity index (χ3n) is 8.47. The average Bonchev–Trinajstić information content (AvgIpc) is 3.02. The van der Waals surface area contributed by atoms with Gasteiger partial charge in [-0.25, -0.2) is 0 Å². The first-order chi connectivity index (χ1) is 19.4. The van der Waals surface area contributed by atoms with E-state index < -0.39 is 0 Å². The van der Waals surface area contributed by atoms with Crippen LogP contribution in [0.4, 0.5) is 28.4 Å². The molecule has 180 valence electrons. The summed E-state index contributed by atoms with van der Waals surface area (Å²) in [4.78, 5) is 9.57. The molecule has 4 heterocycles. The van der Waals surface area contributed by atoms with Crippen LogP contribution in [0.25, 0.3) is 33.4 Å². The summed E-state index contributed by atoms with van der Waals surface area (Å²) in [5, 5.41) is 0. The van der Waals surface area contributed by atoms with Crippen LogP contribution in [0.1, 0.15) is 0 Å². The quantitative estimate of drug-likeness (QED) is 0.233. The lowest BCUT2D eigenvalue weighted by Crippen LogP contribution is -2.63. The molecule has 6 aromatic rings. The topological polar surface area (TPSA) is 19.4 Å². The van der Waals surface area contributed by atoms with Gasteiger partial charge in [0.25, 0.3) is 0 Å². The fourth-order valence-electron chi connectivity index (χ4n) is 6.93. The van der Waals surface area contributed by atoms with Gasteiger partial charge in [0.2, 0.25) is 0 Å². The summed E-state index contributed by atoms with van der Waals surface area (Å²) in [5.74, 6) is 0. The van der Waals surface area contributed by atoms with Crippen molar-refractivity contribution in [1.29, 1.82) is 0 Å². The van der Waals surface area contributed by atoms with Crippen molar-refractivity contribution in [2.45, 2.75) is 0 Å². The van der Waals surface area contributed by atoms with Crippen LogP contribution < -0.4 is 20.6 Å². The molecule has 4 heteroatoms. The molecule has 9 rings (SSSR count). The number of benzene rings is 5. The lowest BCUT2D eigenvalue weighted by Gasteiger charge is -2.48. The molecule has 0 atom stereocenters. The average molecular weight is 495 g/mol. The van der Waals surface area contributed by atoms with E-state index in [1.165, 1.54) is 72.7 Å². The minimum absolute atomic E-state index is 0.0979. The molecule has 0 spiro atoms. The van der Waals surface area contributed by atoms with Gasteiger partial charge in [0.1, 0.15) is 0 Å². The Kier molecular flexibility index (Phi) is 4.14. The molecule has 0 bridgehead atoms. The van der Waals surface area contributed by atoms with Crippen molar-refractivity contribution >= 4 is 46.2 Å². The van der Waals surface area contributed by atoms with Crippen molar-refractivity contribution in [3.63, 3.8) is 0 Å². The van der Waals surface area contributed by atoms with Crippen LogP contribution in [0.3, 0.4) is 0 Å². The Hall–Kier alpha value is -5.09. The van der Waals surface area contributed by atoms with E-state index >= 15 is 0 Å². The molecular formula is C35H22BN3. The number of hydrogen-bond donors (Lipinski definition) is 0. The highest BCUT2D eigenvalue weighted by Crippen LogP contribution is 2.51. The van der Waals surface area contributed by atoms with Gasteiger partial charge in [-0.3, -0.25) is 4.98 Å². The summed E-state index contributed by atoms with van der Waals surface area (Å²) in [6.45, 7) is 0.0979. The maximum Gasteiger partial charge on any atom is 0.333 e. The molecule has 0 aliphatic carbocycles. The maximum absolute atomic E-state index is 4.56. The smallest absolute Gasteiger partial charge is 0.333 e. The van der Waals surface area contributed by atoms with Gasteiger partial charge in [0, 0.05) is 52.0 Å². The Morgan fingerprint density at radius 1 is 0.487 bits per heavy atom. The van der Waals surface area contributed by atoms with Crippen molar-refractivity contribution < 1.29 is 0 Å². The summed E-state index contributed by atoms with van der Waals surface area (Å²) < 4.78 is 0. The highest BCUT2D eigenvalue weighted by atomic mass is 15.2. The number of hydrogen-bond acceptors (Lipinski definition) is 3. The lowest BCUT2D eigenvalue weighted by atomic mass is 9.41. The van der Waals surface area contributed by atoms with E-state index in [1.807, 2.05) is 12.4 Å². The Morgan fingerprint density at radius 2 is 1.10 bits per heavy atom. The number of aromatic nitrogens is 1. The van der Waals surface area contributed by atoms with Gasteiger partial charge in [-0.2, -0.15) is 0 Å². The third-order valence-corrected chi connectivity index (χ3v) is 8.47. The fourth-order valence-corrected chi connectivity index (χ4v) is 6.93. The predicted octanol–water partition coefficient (Wildman–Crippen LogP) is 7.44. The van der Waals surface area contributed by atoms with Gasteiger partial charge >= 0.3 is 6.85 Å². The van der Waals surface area contributed by atoms with Gasteiger partial charge in [0.15, 0.2) is 0 Å². The first-order valence-corrected chi connectivity index (χ1v) is 13.4. The molecule has 39 heavy (non-hydrogen) atoms. The molecule has 0 amide bonds. The number of rotatable bonds is 2. The normalized spacial score (nSPS) is 13.5. The molecular weight excluding hydrogens is 473 g/mol. The van der Waals surface area contributed by atoms with E-state index in [9.17, 15) is 0 Å². The van der Waals surface area contributed by atoms with Crippen molar-refractivity contribution in [2.24, 2.45) is 0 Å². The SMILES string of the molecule is c1ccc(-c2cccc(N3c4cccc5c4B4c6c(cccc63)-c3cnccc3N4c3ccccc3-5)c2)cc1. The van der Waals surface area contributed by atoms with E-state index in [2.05, 4.69) is 136 Å². The maximum atomic E-state index is 4.56. The number of nitrogens with zero attached hydrogens (tertiary/aromatic N) is 3. The van der Waals surface area contributed by atoms with Crippen molar-refractivity contribution in [3.8, 4) is 33.4 Å². The van der Waals surface area contributed by atoms with Crippen molar-refractivity contribution in [3.05, 3.63) is 134 Å². The molecule has 5 aromatic carbocycles. The standard InChI is InChI=1S/C35H22BN3/c1-2-9-23(10-3-1)24-11-6-12-25(21-24)38-32-17-7-14-27-26-13-4-5-16-30(26)39-31-19-20-37-22-29(31)28-15-8-18-33(38)35(28)36(39)34(27)32/h1-22H. The Bertz CT molecular complexity index is 1850. The van der Waals surface area contributed by atoms with Crippen LogP contribution in [-0.4, -0.2) is 11.8 Å². The molecule has 0 saturated carbocycles. The van der Waals surface area contributed by atoms with Gasteiger partial charge < -0.3 is 9.71 Å². The molecule has 3 aliphatic rings. The molecule has 3 nitrogen and oxygen atoms in total. The zero-order chi connectivity index (χ0) is 25.5. The Morgan fingerprint density at radius 3 is 1.92 bits per heavy atom. The summed E-state index contributed by atoms with van der Waals surface area (Å²) in [5.41, 5.74) is 16.3. The minimum atomic E-state index is 0.0979. The molecule has 0 radical (unpaired) electrons. The summed E-state index contributed by atoms with van der Waals surface area (Å²) in [7, 11) is 0. The van der Waals surface area contributed by atoms with E-state index in [-0.39, 0.29) is 6.85 Å². The zero-order valence-corrected chi connectivity index (χ0v) is 21.1. The summed E-state index contributed by atoms with van der Waals surface area (Å²) in [6.07, 6.45) is 3.95. The van der Waals surface area contributed by atoms with Crippen LogP contribution in [0.2, 0.25) is 0 Å². The van der Waals surface area contributed by atoms with Crippen LogP contribution in [-0.2, 0) is 0 Å². The van der Waals surface area contributed by atoms with E-state index in [0.29, 0.717) is 0 Å². The third kappa shape index (κ3) is 2.75. The van der Waals surface area contributed by atoms with Crippen LogP contribution in [0.5, 0.6) is 0 Å². The second-order valence-electron chi connectivity index (χ2n) is 10.4. The Labute approximate surface area is 227 Å². The van der Waals surface area contributed by atoms with E-state index in [0.717, 1.165) is 0 Å². The van der Waals surface area contributed by atoms with Crippen LogP contribution in [0, 0.1) is 0 Å². The second kappa shape index (κ2) is 7.72. The molecule has 0 N–H and O–H groups in total. The minimum Gasteiger partial charge on any atom is -0.376 e. The monoisotopic (exact) mass is 495 g/mol. The van der Waals surface area contributed by atoms with Gasteiger partial charge in [0.05, 0.1) is 0 Å². The molecule has 0 unspecified atom stereocenters. The fraction of sp³-hybridized carbons (Fsp3) is 0. The van der Waals surface area contributed by atoms with Gasteiger partial charge in [-0.05, 0) is 69.6 Å². The first kappa shape index (κ1) is 20.9. The highest BCUT2D eigenvalue weighted by Gasteiger charge is 2.48. The van der Waals surface area contributed by atoms with Gasteiger partial charge in [-0.1, -0.05) is 84.9 Å². The van der Waals surface area contributed by atoms with Crippen LogP contribution in [0.15, 0.2) is 134 Å². The number of para-hydroxylation sites is 1.